The van der Waals surface area contributed by atoms with Crippen molar-refractivity contribution in [1.29, 1.82) is 0 Å². The second kappa shape index (κ2) is 9.80. The fourth-order valence-electron chi connectivity index (χ4n) is 3.37. The zero-order valence-electron chi connectivity index (χ0n) is 15.7. The molecule has 4 aromatic carbocycles. The molecule has 0 bridgehead atoms. The summed E-state index contributed by atoms with van der Waals surface area (Å²) in [6.45, 7) is 0. The molecule has 4 rings (SSSR count). The monoisotopic (exact) mass is 522 g/mol. The van der Waals surface area contributed by atoms with E-state index in [0.717, 1.165) is 8.95 Å². The highest BCUT2D eigenvalue weighted by molar-refractivity contribution is 9.10. The normalized spacial score (nSPS) is 13.0. The van der Waals surface area contributed by atoms with Crippen LogP contribution in [0.25, 0.3) is 0 Å². The molecule has 0 nitrogen and oxygen atoms in total. The van der Waals surface area contributed by atoms with Crippen LogP contribution in [0, 0.1) is 0 Å². The largest absolute Gasteiger partial charge is 0.136 e. The molecular weight excluding hydrogens is 504 g/mol. The van der Waals surface area contributed by atoms with Crippen LogP contribution in [0.15, 0.2) is 118 Å². The lowest BCUT2D eigenvalue weighted by Crippen LogP contribution is -2.04. The summed E-state index contributed by atoms with van der Waals surface area (Å²) in [6.07, 6.45) is 0. The van der Waals surface area contributed by atoms with Crippen molar-refractivity contribution in [3.63, 3.8) is 0 Å². The molecule has 4 aromatic rings. The van der Waals surface area contributed by atoms with Gasteiger partial charge in [-0.2, -0.15) is 0 Å². The van der Waals surface area contributed by atoms with Crippen molar-refractivity contribution in [3.05, 3.63) is 140 Å². The molecule has 2 atom stereocenters. The molecule has 0 amide bonds. The van der Waals surface area contributed by atoms with Gasteiger partial charge in [0.05, 0.1) is 10.5 Å². The van der Waals surface area contributed by atoms with E-state index in [2.05, 4.69) is 141 Å². The van der Waals surface area contributed by atoms with Gasteiger partial charge in [0, 0.05) is 8.95 Å². The van der Waals surface area contributed by atoms with E-state index in [9.17, 15) is 0 Å². The Morgan fingerprint density at radius 1 is 0.414 bits per heavy atom. The van der Waals surface area contributed by atoms with E-state index in [1.165, 1.54) is 22.3 Å². The van der Waals surface area contributed by atoms with Crippen LogP contribution in [0.5, 0.6) is 0 Å². The average molecular weight is 524 g/mol. The number of hydrogen-bond donors (Lipinski definition) is 0. The first-order valence-electron chi connectivity index (χ1n) is 9.47. The molecule has 0 saturated carbocycles. The summed E-state index contributed by atoms with van der Waals surface area (Å²) in [5.74, 6) is 0. The molecule has 0 radical (unpaired) electrons. The molecule has 3 heteroatoms. The van der Waals surface area contributed by atoms with Gasteiger partial charge in [-0.3, -0.25) is 0 Å². The Labute approximate surface area is 193 Å². The number of thioether (sulfide) groups is 1. The van der Waals surface area contributed by atoms with Gasteiger partial charge in [0.1, 0.15) is 0 Å². The maximum absolute atomic E-state index is 3.57. The third-order valence-corrected chi connectivity index (χ3v) is 7.51. The molecule has 29 heavy (non-hydrogen) atoms. The van der Waals surface area contributed by atoms with Crippen LogP contribution in [0.4, 0.5) is 0 Å². The summed E-state index contributed by atoms with van der Waals surface area (Å²) < 4.78 is 2.20. The van der Waals surface area contributed by atoms with Crippen molar-refractivity contribution < 1.29 is 0 Å². The maximum Gasteiger partial charge on any atom is 0.0556 e. The van der Waals surface area contributed by atoms with Crippen LogP contribution in [0.1, 0.15) is 32.8 Å². The van der Waals surface area contributed by atoms with Crippen molar-refractivity contribution >= 4 is 43.6 Å². The SMILES string of the molecule is Brc1ccc(C(SC(c2ccccc2)c2ccc(Br)cc2)c2ccccc2)cc1. The van der Waals surface area contributed by atoms with E-state index in [0.29, 0.717) is 0 Å². The van der Waals surface area contributed by atoms with Gasteiger partial charge >= 0.3 is 0 Å². The van der Waals surface area contributed by atoms with Gasteiger partial charge in [0.25, 0.3) is 0 Å². The standard InChI is InChI=1S/C26H20Br2S/c27-23-15-11-21(12-16-23)25(19-7-3-1-4-8-19)29-26(20-9-5-2-6-10-20)22-13-17-24(28)18-14-22/h1-18,25-26H. The topological polar surface area (TPSA) is 0 Å². The second-order valence-electron chi connectivity index (χ2n) is 6.82. The minimum Gasteiger partial charge on any atom is -0.136 e. The Morgan fingerprint density at radius 2 is 0.724 bits per heavy atom. The molecule has 0 fully saturated rings. The first-order valence-corrected chi connectivity index (χ1v) is 12.0. The van der Waals surface area contributed by atoms with Crippen molar-refractivity contribution in [1.82, 2.24) is 0 Å². The van der Waals surface area contributed by atoms with Crippen LogP contribution in [0.2, 0.25) is 0 Å². The van der Waals surface area contributed by atoms with Crippen LogP contribution in [-0.2, 0) is 0 Å². The van der Waals surface area contributed by atoms with Gasteiger partial charge in [0.15, 0.2) is 0 Å². The molecule has 0 aromatic heterocycles. The summed E-state index contributed by atoms with van der Waals surface area (Å²) in [5, 5.41) is 0.469. The molecule has 0 N–H and O–H groups in total. The highest BCUT2D eigenvalue weighted by Crippen LogP contribution is 2.47. The van der Waals surface area contributed by atoms with E-state index < -0.39 is 0 Å². The Kier molecular flexibility index (Phi) is 6.91. The molecule has 0 aliphatic carbocycles. The summed E-state index contributed by atoms with van der Waals surface area (Å²) >= 11 is 9.12. The second-order valence-corrected chi connectivity index (χ2v) is 9.87. The van der Waals surface area contributed by atoms with Crippen LogP contribution in [-0.4, -0.2) is 0 Å². The fraction of sp³-hybridized carbons (Fsp3) is 0.0769. The van der Waals surface area contributed by atoms with Crippen molar-refractivity contribution in [3.8, 4) is 0 Å². The molecule has 0 saturated heterocycles. The van der Waals surface area contributed by atoms with E-state index in [1.807, 2.05) is 11.8 Å². The Balaban J connectivity index is 1.77. The Hall–Kier alpha value is -1.81. The number of halogens is 2. The Morgan fingerprint density at radius 3 is 1.07 bits per heavy atom. The van der Waals surface area contributed by atoms with Gasteiger partial charge in [-0.25, -0.2) is 0 Å². The highest BCUT2D eigenvalue weighted by Gasteiger charge is 2.23. The van der Waals surface area contributed by atoms with E-state index in [4.69, 9.17) is 0 Å². The van der Waals surface area contributed by atoms with Gasteiger partial charge < -0.3 is 0 Å². The summed E-state index contributed by atoms with van der Waals surface area (Å²) in [5.41, 5.74) is 5.25. The number of hydrogen-bond acceptors (Lipinski definition) is 1. The van der Waals surface area contributed by atoms with Gasteiger partial charge in [0.2, 0.25) is 0 Å². The van der Waals surface area contributed by atoms with Crippen LogP contribution in [0.3, 0.4) is 0 Å². The van der Waals surface area contributed by atoms with Gasteiger partial charge in [-0.15, -0.1) is 11.8 Å². The molecule has 2 unspecified atom stereocenters. The molecular formula is C26H20Br2S. The lowest BCUT2D eigenvalue weighted by molar-refractivity contribution is 1.09. The Bertz CT molecular complexity index is 943. The minimum atomic E-state index is 0.234. The van der Waals surface area contributed by atoms with Crippen LogP contribution >= 0.6 is 43.6 Å². The summed E-state index contributed by atoms with van der Waals surface area (Å²) in [7, 11) is 0. The lowest BCUT2D eigenvalue weighted by atomic mass is 10.0. The summed E-state index contributed by atoms with van der Waals surface area (Å²) in [6, 6.07) is 39.0. The van der Waals surface area contributed by atoms with E-state index >= 15 is 0 Å². The van der Waals surface area contributed by atoms with Crippen molar-refractivity contribution in [2.24, 2.45) is 0 Å². The van der Waals surface area contributed by atoms with Gasteiger partial charge in [-0.05, 0) is 46.5 Å². The summed E-state index contributed by atoms with van der Waals surface area (Å²) in [4.78, 5) is 0. The first-order chi connectivity index (χ1) is 14.2. The predicted octanol–water partition coefficient (Wildman–Crippen LogP) is 8.82. The smallest absolute Gasteiger partial charge is 0.0556 e. The first kappa shape index (κ1) is 20.5. The quantitative estimate of drug-likeness (QED) is 0.243. The molecule has 0 aliphatic rings. The molecule has 144 valence electrons. The van der Waals surface area contributed by atoms with E-state index in [-0.39, 0.29) is 10.5 Å². The molecule has 0 aliphatic heterocycles. The lowest BCUT2D eigenvalue weighted by Gasteiger charge is -2.25. The number of rotatable bonds is 6. The van der Waals surface area contributed by atoms with E-state index in [1.54, 1.807) is 0 Å². The van der Waals surface area contributed by atoms with Crippen LogP contribution < -0.4 is 0 Å². The zero-order valence-corrected chi connectivity index (χ0v) is 19.7. The van der Waals surface area contributed by atoms with Gasteiger partial charge in [-0.1, -0.05) is 117 Å². The average Bonchev–Trinajstić information content (AvgIpc) is 2.77. The minimum absolute atomic E-state index is 0.234. The fourth-order valence-corrected chi connectivity index (χ4v) is 5.42. The predicted molar refractivity (Wildman–Crippen MR) is 132 cm³/mol. The van der Waals surface area contributed by atoms with Crippen molar-refractivity contribution in [2.75, 3.05) is 0 Å². The highest BCUT2D eigenvalue weighted by atomic mass is 79.9. The number of benzene rings is 4. The maximum atomic E-state index is 3.57. The zero-order chi connectivity index (χ0) is 20.1. The van der Waals surface area contributed by atoms with Crippen molar-refractivity contribution in [2.45, 2.75) is 10.5 Å². The third kappa shape index (κ3) is 5.22. The molecule has 0 heterocycles. The molecule has 0 spiro atoms. The third-order valence-electron chi connectivity index (χ3n) is 4.82.